The Morgan fingerprint density at radius 3 is 2.59 bits per heavy atom. The molecule has 7 rings (SSSR count). The van der Waals surface area contributed by atoms with Gasteiger partial charge in [0, 0.05) is 51.1 Å². The van der Waals surface area contributed by atoms with Crippen LogP contribution in [0.1, 0.15) is 12.0 Å². The van der Waals surface area contributed by atoms with Crippen LogP contribution >= 0.6 is 11.6 Å². The third kappa shape index (κ3) is 6.36. The lowest BCUT2D eigenvalue weighted by molar-refractivity contribution is -0.121. The molecule has 0 bridgehead atoms. The molecule has 13 heteroatoms. The van der Waals surface area contributed by atoms with E-state index >= 15 is 0 Å². The minimum atomic E-state index is -0.416. The molecule has 0 saturated carbocycles. The Hall–Kier alpha value is -4.55. The van der Waals surface area contributed by atoms with Crippen LogP contribution in [0.2, 0.25) is 5.15 Å². The van der Waals surface area contributed by atoms with Gasteiger partial charge in [0.2, 0.25) is 11.9 Å². The monoisotopic (exact) mass is 617 g/mol. The Labute approximate surface area is 259 Å². The van der Waals surface area contributed by atoms with E-state index < -0.39 is 6.29 Å². The van der Waals surface area contributed by atoms with Gasteiger partial charge in [0.05, 0.1) is 12.6 Å². The van der Waals surface area contributed by atoms with E-state index in [0.717, 1.165) is 35.1 Å². The van der Waals surface area contributed by atoms with Gasteiger partial charge in [0.25, 0.3) is 6.29 Å². The third-order valence-electron chi connectivity index (χ3n) is 7.80. The summed E-state index contributed by atoms with van der Waals surface area (Å²) >= 11 is 6.45. The summed E-state index contributed by atoms with van der Waals surface area (Å²) in [5, 5.41) is 3.41. The van der Waals surface area contributed by atoms with Crippen molar-refractivity contribution in [1.82, 2.24) is 29.7 Å². The second kappa shape index (κ2) is 12.6. The highest BCUT2D eigenvalue weighted by molar-refractivity contribution is 6.29. The number of halogens is 1. The second-order valence-corrected chi connectivity index (χ2v) is 11.2. The molecule has 1 unspecified atom stereocenters. The van der Waals surface area contributed by atoms with Gasteiger partial charge < -0.3 is 29.2 Å². The van der Waals surface area contributed by atoms with Gasteiger partial charge >= 0.3 is 0 Å². The maximum Gasteiger partial charge on any atom is 0.254 e. The van der Waals surface area contributed by atoms with Crippen LogP contribution in [0.4, 0.5) is 5.82 Å². The normalized spacial score (nSPS) is 17.9. The molecule has 12 nitrogen and oxygen atoms in total. The van der Waals surface area contributed by atoms with Crippen molar-refractivity contribution in [2.45, 2.75) is 25.2 Å². The summed E-state index contributed by atoms with van der Waals surface area (Å²) in [6.45, 7) is 4.12. The first kappa shape index (κ1) is 28.2. The molecule has 228 valence electrons. The third-order valence-corrected chi connectivity index (χ3v) is 8.00. The lowest BCUT2D eigenvalue weighted by Gasteiger charge is -2.42. The van der Waals surface area contributed by atoms with Crippen LogP contribution in [0.25, 0.3) is 5.95 Å². The predicted molar refractivity (Wildman–Crippen MR) is 162 cm³/mol. The molecule has 1 atom stereocenters. The number of hydrogen-bond acceptors (Lipinski definition) is 10. The Morgan fingerprint density at radius 1 is 0.977 bits per heavy atom. The summed E-state index contributed by atoms with van der Waals surface area (Å²) in [5.74, 6) is 4.01. The van der Waals surface area contributed by atoms with Crippen LogP contribution in [-0.2, 0) is 11.2 Å². The average molecular weight is 618 g/mol. The minimum absolute atomic E-state index is 0.0462. The molecule has 2 aromatic heterocycles. The highest BCUT2D eigenvalue weighted by atomic mass is 35.5. The van der Waals surface area contributed by atoms with Gasteiger partial charge in [-0.3, -0.25) is 14.3 Å². The highest BCUT2D eigenvalue weighted by Gasteiger charge is 2.34. The van der Waals surface area contributed by atoms with Gasteiger partial charge in [0.15, 0.2) is 23.0 Å². The first-order valence-electron chi connectivity index (χ1n) is 14.7. The number of fused-ring (bicyclic) bond motifs is 2. The number of piperazine rings is 1. The van der Waals surface area contributed by atoms with E-state index in [9.17, 15) is 4.79 Å². The molecule has 44 heavy (non-hydrogen) atoms. The van der Waals surface area contributed by atoms with Crippen molar-refractivity contribution in [1.29, 1.82) is 0 Å². The van der Waals surface area contributed by atoms with Crippen molar-refractivity contribution < 1.29 is 23.7 Å². The van der Waals surface area contributed by atoms with Gasteiger partial charge in [-0.2, -0.15) is 4.98 Å². The Bertz CT molecular complexity index is 1600. The van der Waals surface area contributed by atoms with Crippen LogP contribution in [0.15, 0.2) is 67.3 Å². The molecule has 1 amide bonds. The molecule has 1 fully saturated rings. The highest BCUT2D eigenvalue weighted by Crippen LogP contribution is 2.35. The summed E-state index contributed by atoms with van der Waals surface area (Å²) < 4.78 is 25.1. The van der Waals surface area contributed by atoms with Crippen molar-refractivity contribution in [2.24, 2.45) is 0 Å². The molecule has 2 aromatic carbocycles. The zero-order valence-corrected chi connectivity index (χ0v) is 24.7. The number of benzene rings is 2. The van der Waals surface area contributed by atoms with E-state index in [0.29, 0.717) is 62.7 Å². The fourth-order valence-corrected chi connectivity index (χ4v) is 5.88. The summed E-state index contributed by atoms with van der Waals surface area (Å²) in [7, 11) is 0. The number of nitrogens with one attached hydrogen (secondary N) is 1. The number of carbonyl (C=O) groups is 1. The molecule has 5 heterocycles. The average Bonchev–Trinajstić information content (AvgIpc) is 3.71. The van der Waals surface area contributed by atoms with Crippen LogP contribution in [0.5, 0.6) is 23.0 Å². The quantitative estimate of drug-likeness (QED) is 0.281. The van der Waals surface area contributed by atoms with E-state index in [-0.39, 0.29) is 18.4 Å². The van der Waals surface area contributed by atoms with E-state index in [1.165, 1.54) is 0 Å². The van der Waals surface area contributed by atoms with Gasteiger partial charge in [0.1, 0.15) is 30.5 Å². The van der Waals surface area contributed by atoms with Crippen molar-refractivity contribution >= 4 is 23.3 Å². The summed E-state index contributed by atoms with van der Waals surface area (Å²) in [6.07, 6.45) is 5.58. The number of nitrogens with zero attached hydrogens (tertiary/aromatic N) is 6. The van der Waals surface area contributed by atoms with Crippen LogP contribution in [0.3, 0.4) is 0 Å². The zero-order valence-electron chi connectivity index (χ0n) is 24.0. The number of rotatable bonds is 9. The molecule has 1 N–H and O–H groups in total. The maximum absolute atomic E-state index is 13.3. The molecule has 0 radical (unpaired) electrons. The molecular formula is C31H32ClN7O5. The van der Waals surface area contributed by atoms with Crippen molar-refractivity contribution in [2.75, 3.05) is 50.8 Å². The fourth-order valence-electron chi connectivity index (χ4n) is 5.71. The summed E-state index contributed by atoms with van der Waals surface area (Å²) in [4.78, 5) is 31.0. The van der Waals surface area contributed by atoms with Crippen molar-refractivity contribution in [3.05, 3.63) is 78.0 Å². The van der Waals surface area contributed by atoms with Gasteiger partial charge in [-0.1, -0.05) is 29.8 Å². The van der Waals surface area contributed by atoms with E-state index in [1.807, 2.05) is 42.5 Å². The topological polar surface area (TPSA) is 116 Å². The Morgan fingerprint density at radius 2 is 1.80 bits per heavy atom. The van der Waals surface area contributed by atoms with E-state index in [1.54, 1.807) is 29.4 Å². The van der Waals surface area contributed by atoms with Crippen LogP contribution < -0.4 is 29.2 Å². The number of aromatic nitrogens is 4. The van der Waals surface area contributed by atoms with Gasteiger partial charge in [-0.05, 0) is 36.2 Å². The molecule has 0 aliphatic carbocycles. The summed E-state index contributed by atoms with van der Waals surface area (Å²) in [5.41, 5.74) is 1.07. The standard InChI is InChI=1S/C31H32ClN7O5/c32-27-17-28(36-31(35-27)38-10-9-33-20-38)39-12-11-37(19-30-43-24-3-1-2-4-25(24)44-30)18-22(39)16-29(40)34-8-7-21-5-6-23-26(15-21)42-14-13-41-23/h1-6,9-10,15,17,20,22,30H,7-8,11-14,16,18-19H2,(H,34,40). The maximum atomic E-state index is 13.3. The Kier molecular flexibility index (Phi) is 8.08. The molecule has 3 aliphatic heterocycles. The van der Waals surface area contributed by atoms with E-state index in [2.05, 4.69) is 25.1 Å². The molecule has 0 spiro atoms. The largest absolute Gasteiger partial charge is 0.486 e. The smallest absolute Gasteiger partial charge is 0.254 e. The number of amides is 1. The predicted octanol–water partition coefficient (Wildman–Crippen LogP) is 3.12. The molecule has 4 aromatic rings. The van der Waals surface area contributed by atoms with Gasteiger partial charge in [-0.15, -0.1) is 0 Å². The SMILES string of the molecule is O=C(CC1CN(CC2Oc3ccccc3O2)CCN1c1cc(Cl)nc(-n2ccnc2)n1)NCCc1ccc2c(c1)OCCO2. The first-order chi connectivity index (χ1) is 21.6. The first-order valence-corrected chi connectivity index (χ1v) is 15.0. The second-order valence-electron chi connectivity index (χ2n) is 10.8. The number of ether oxygens (including phenoxy) is 4. The zero-order chi connectivity index (χ0) is 29.9. The van der Waals surface area contributed by atoms with Crippen LogP contribution in [0, 0.1) is 0 Å². The molecule has 3 aliphatic rings. The minimum Gasteiger partial charge on any atom is -0.486 e. The molecule has 1 saturated heterocycles. The van der Waals surface area contributed by atoms with Crippen molar-refractivity contribution in [3.63, 3.8) is 0 Å². The lowest BCUT2D eigenvalue weighted by atomic mass is 10.1. The number of imidazole rings is 1. The van der Waals surface area contributed by atoms with E-state index in [4.69, 9.17) is 35.5 Å². The Balaban J connectivity index is 1.03. The number of hydrogen-bond donors (Lipinski definition) is 1. The molecular weight excluding hydrogens is 586 g/mol. The summed E-state index contributed by atoms with van der Waals surface area (Å²) in [6, 6.07) is 15.1. The van der Waals surface area contributed by atoms with Gasteiger partial charge in [-0.25, -0.2) is 9.97 Å². The van der Waals surface area contributed by atoms with Crippen molar-refractivity contribution in [3.8, 4) is 28.9 Å². The van der Waals surface area contributed by atoms with Crippen LogP contribution in [-0.4, -0.2) is 88.6 Å². The number of carbonyl (C=O) groups excluding carboxylic acids is 1. The number of para-hydroxylation sites is 2. The fraction of sp³-hybridized carbons (Fsp3) is 0.355. The number of anilines is 1. The lowest BCUT2D eigenvalue weighted by Crippen LogP contribution is -2.56.